The molecule has 2 rings (SSSR count). The molecule has 100 valence electrons. The Kier molecular flexibility index (Phi) is 3.85. The van der Waals surface area contributed by atoms with Crippen LogP contribution in [0.25, 0.3) is 0 Å². The quantitative estimate of drug-likeness (QED) is 0.811. The second-order valence-corrected chi connectivity index (χ2v) is 4.53. The second-order valence-electron chi connectivity index (χ2n) is 4.53. The number of carbonyl (C=O) groups excluding carboxylic acids is 1. The monoisotopic (exact) mass is 258 g/mol. The number of amides is 1. The summed E-state index contributed by atoms with van der Waals surface area (Å²) in [6.07, 6.45) is 4.35. The van der Waals surface area contributed by atoms with E-state index < -0.39 is 0 Å². The SMILES string of the molecule is Cc1cc(N)ccc1C(=O)NCCc1nccn1C. The van der Waals surface area contributed by atoms with Gasteiger partial charge < -0.3 is 15.6 Å². The van der Waals surface area contributed by atoms with Crippen molar-refractivity contribution in [2.24, 2.45) is 7.05 Å². The summed E-state index contributed by atoms with van der Waals surface area (Å²) in [7, 11) is 1.94. The van der Waals surface area contributed by atoms with E-state index in [4.69, 9.17) is 5.73 Å². The van der Waals surface area contributed by atoms with E-state index in [9.17, 15) is 4.79 Å². The van der Waals surface area contributed by atoms with Gasteiger partial charge in [-0.1, -0.05) is 0 Å². The lowest BCUT2D eigenvalue weighted by Crippen LogP contribution is -2.27. The zero-order valence-electron chi connectivity index (χ0n) is 11.2. The maximum atomic E-state index is 12.0. The van der Waals surface area contributed by atoms with Crippen LogP contribution in [0.3, 0.4) is 0 Å². The fourth-order valence-electron chi connectivity index (χ4n) is 1.96. The van der Waals surface area contributed by atoms with Crippen molar-refractivity contribution in [1.29, 1.82) is 0 Å². The van der Waals surface area contributed by atoms with E-state index in [2.05, 4.69) is 10.3 Å². The Morgan fingerprint density at radius 2 is 2.26 bits per heavy atom. The average Bonchev–Trinajstić information content (AvgIpc) is 2.75. The van der Waals surface area contributed by atoms with E-state index in [-0.39, 0.29) is 5.91 Å². The van der Waals surface area contributed by atoms with E-state index in [0.29, 0.717) is 24.2 Å². The molecule has 5 nitrogen and oxygen atoms in total. The second kappa shape index (κ2) is 5.56. The molecule has 0 saturated carbocycles. The van der Waals surface area contributed by atoms with Gasteiger partial charge in [0.2, 0.25) is 0 Å². The molecular weight excluding hydrogens is 240 g/mol. The Hall–Kier alpha value is -2.30. The van der Waals surface area contributed by atoms with Crippen molar-refractivity contribution in [3.8, 4) is 0 Å². The minimum atomic E-state index is -0.0771. The number of aromatic nitrogens is 2. The number of anilines is 1. The molecule has 0 radical (unpaired) electrons. The number of nitrogens with zero attached hydrogens (tertiary/aromatic N) is 2. The number of imidazole rings is 1. The summed E-state index contributed by atoms with van der Waals surface area (Å²) in [5.41, 5.74) is 7.88. The largest absolute Gasteiger partial charge is 0.399 e. The van der Waals surface area contributed by atoms with Gasteiger partial charge in [0, 0.05) is 43.7 Å². The van der Waals surface area contributed by atoms with Gasteiger partial charge in [0.25, 0.3) is 5.91 Å². The molecule has 0 bridgehead atoms. The normalized spacial score (nSPS) is 10.4. The molecule has 0 unspecified atom stereocenters. The van der Waals surface area contributed by atoms with Crippen LogP contribution in [-0.2, 0) is 13.5 Å². The molecule has 1 amide bonds. The van der Waals surface area contributed by atoms with Crippen molar-refractivity contribution in [2.75, 3.05) is 12.3 Å². The summed E-state index contributed by atoms with van der Waals surface area (Å²) < 4.78 is 1.95. The smallest absolute Gasteiger partial charge is 0.251 e. The summed E-state index contributed by atoms with van der Waals surface area (Å²) in [4.78, 5) is 16.2. The molecular formula is C14H18N4O. The molecule has 5 heteroatoms. The first-order chi connectivity index (χ1) is 9.08. The molecule has 1 heterocycles. The number of rotatable bonds is 4. The topological polar surface area (TPSA) is 72.9 Å². The maximum Gasteiger partial charge on any atom is 0.251 e. The van der Waals surface area contributed by atoms with Gasteiger partial charge in [-0.2, -0.15) is 0 Å². The fraction of sp³-hybridized carbons (Fsp3) is 0.286. The number of nitrogens with one attached hydrogen (secondary N) is 1. The fourth-order valence-corrected chi connectivity index (χ4v) is 1.96. The highest BCUT2D eigenvalue weighted by Gasteiger charge is 2.08. The molecule has 3 N–H and O–H groups in total. The van der Waals surface area contributed by atoms with Crippen molar-refractivity contribution in [2.45, 2.75) is 13.3 Å². The van der Waals surface area contributed by atoms with Crippen LogP contribution in [0.4, 0.5) is 5.69 Å². The zero-order chi connectivity index (χ0) is 13.8. The third-order valence-corrected chi connectivity index (χ3v) is 3.05. The van der Waals surface area contributed by atoms with Crippen molar-refractivity contribution in [1.82, 2.24) is 14.9 Å². The Bertz CT molecular complexity index is 589. The van der Waals surface area contributed by atoms with E-state index in [1.807, 2.05) is 24.7 Å². The Labute approximate surface area is 112 Å². The van der Waals surface area contributed by atoms with Gasteiger partial charge >= 0.3 is 0 Å². The van der Waals surface area contributed by atoms with Crippen molar-refractivity contribution < 1.29 is 4.79 Å². The summed E-state index contributed by atoms with van der Waals surface area (Å²) in [6.45, 7) is 2.44. The first-order valence-electron chi connectivity index (χ1n) is 6.18. The molecule has 2 aromatic rings. The lowest BCUT2D eigenvalue weighted by molar-refractivity contribution is 0.0953. The third kappa shape index (κ3) is 3.13. The van der Waals surface area contributed by atoms with Crippen LogP contribution < -0.4 is 11.1 Å². The third-order valence-electron chi connectivity index (χ3n) is 3.05. The minimum Gasteiger partial charge on any atom is -0.399 e. The van der Waals surface area contributed by atoms with Crippen molar-refractivity contribution >= 4 is 11.6 Å². The summed E-state index contributed by atoms with van der Waals surface area (Å²) in [5.74, 6) is 0.876. The Morgan fingerprint density at radius 3 is 2.89 bits per heavy atom. The number of benzene rings is 1. The summed E-state index contributed by atoms with van der Waals surface area (Å²) in [6, 6.07) is 5.29. The van der Waals surface area contributed by atoms with Crippen molar-refractivity contribution in [3.05, 3.63) is 47.5 Å². The highest BCUT2D eigenvalue weighted by atomic mass is 16.1. The van der Waals surface area contributed by atoms with E-state index in [0.717, 1.165) is 11.4 Å². The predicted octanol–water partition coefficient (Wildman–Crippen LogP) is 1.28. The molecule has 0 atom stereocenters. The summed E-state index contributed by atoms with van der Waals surface area (Å²) >= 11 is 0. The number of hydrogen-bond acceptors (Lipinski definition) is 3. The molecule has 0 fully saturated rings. The maximum absolute atomic E-state index is 12.0. The number of carbonyl (C=O) groups is 1. The number of hydrogen-bond donors (Lipinski definition) is 2. The van der Waals surface area contributed by atoms with Gasteiger partial charge in [0.15, 0.2) is 0 Å². The van der Waals surface area contributed by atoms with Crippen LogP contribution in [0.5, 0.6) is 0 Å². The van der Waals surface area contributed by atoms with Gasteiger partial charge in [-0.25, -0.2) is 4.98 Å². The number of nitrogen functional groups attached to an aromatic ring is 1. The lowest BCUT2D eigenvalue weighted by atomic mass is 10.1. The van der Waals surface area contributed by atoms with Crippen molar-refractivity contribution in [3.63, 3.8) is 0 Å². The van der Waals surface area contributed by atoms with Gasteiger partial charge in [-0.15, -0.1) is 0 Å². The molecule has 0 saturated heterocycles. The van der Waals surface area contributed by atoms with E-state index >= 15 is 0 Å². The molecule has 0 aliphatic heterocycles. The number of nitrogens with two attached hydrogens (primary N) is 1. The molecule has 0 aliphatic carbocycles. The Morgan fingerprint density at radius 1 is 1.47 bits per heavy atom. The van der Waals surface area contributed by atoms with Gasteiger partial charge in [-0.05, 0) is 30.7 Å². The van der Waals surface area contributed by atoms with Crippen LogP contribution in [0, 0.1) is 6.92 Å². The highest BCUT2D eigenvalue weighted by Crippen LogP contribution is 2.12. The molecule has 0 spiro atoms. The van der Waals surface area contributed by atoms with Crippen LogP contribution in [0.1, 0.15) is 21.7 Å². The number of aryl methyl sites for hydroxylation is 2. The van der Waals surface area contributed by atoms with Crippen LogP contribution in [0.15, 0.2) is 30.6 Å². The Balaban J connectivity index is 1.93. The molecule has 1 aromatic heterocycles. The van der Waals surface area contributed by atoms with Crippen LogP contribution >= 0.6 is 0 Å². The molecule has 1 aromatic carbocycles. The first kappa shape index (κ1) is 13.1. The average molecular weight is 258 g/mol. The van der Waals surface area contributed by atoms with E-state index in [1.165, 1.54) is 0 Å². The van der Waals surface area contributed by atoms with Gasteiger partial charge in [-0.3, -0.25) is 4.79 Å². The summed E-state index contributed by atoms with van der Waals surface area (Å²) in [5, 5.41) is 2.89. The van der Waals surface area contributed by atoms with E-state index in [1.54, 1.807) is 24.4 Å². The molecule has 19 heavy (non-hydrogen) atoms. The zero-order valence-corrected chi connectivity index (χ0v) is 11.2. The van der Waals surface area contributed by atoms with Crippen LogP contribution in [0.2, 0.25) is 0 Å². The predicted molar refractivity (Wildman–Crippen MR) is 74.8 cm³/mol. The molecule has 0 aliphatic rings. The van der Waals surface area contributed by atoms with Crippen LogP contribution in [-0.4, -0.2) is 22.0 Å². The highest BCUT2D eigenvalue weighted by molar-refractivity contribution is 5.95. The first-order valence-corrected chi connectivity index (χ1v) is 6.18. The lowest BCUT2D eigenvalue weighted by Gasteiger charge is -2.08. The van der Waals surface area contributed by atoms with Gasteiger partial charge in [0.05, 0.1) is 0 Å². The minimum absolute atomic E-state index is 0.0771. The van der Waals surface area contributed by atoms with Gasteiger partial charge in [0.1, 0.15) is 5.82 Å². The standard InChI is InChI=1S/C14H18N4O/c1-10-9-11(15)3-4-12(10)14(19)17-6-5-13-16-7-8-18(13)2/h3-4,7-9H,5-6,15H2,1-2H3,(H,17,19).